The van der Waals surface area contributed by atoms with Crippen LogP contribution in [0.2, 0.25) is 0 Å². The van der Waals surface area contributed by atoms with E-state index in [1.807, 2.05) is 6.07 Å². The number of nitrogens with one attached hydrogen (secondary N) is 1. The highest BCUT2D eigenvalue weighted by Crippen LogP contribution is 1.97. The van der Waals surface area contributed by atoms with E-state index in [9.17, 15) is 4.79 Å². The molecular formula is C10H17N3O2. The average molecular weight is 211 g/mol. The molecule has 0 spiro atoms. The first-order chi connectivity index (χ1) is 7.33. The van der Waals surface area contributed by atoms with E-state index in [2.05, 4.69) is 10.2 Å². The minimum Gasteiger partial charge on any atom is -0.379 e. The van der Waals surface area contributed by atoms with Gasteiger partial charge >= 0.3 is 0 Å². The second-order valence-electron chi connectivity index (χ2n) is 3.49. The standard InChI is InChI=1S/C10H17N3O2/c11-3-2-10(14)12-4-1-5-13-6-8-15-9-7-13/h1-2,4-9H2,(H,12,14). The molecule has 0 aromatic carbocycles. The molecule has 0 saturated carbocycles. The van der Waals surface area contributed by atoms with E-state index in [1.165, 1.54) is 0 Å². The molecule has 0 aromatic heterocycles. The largest absolute Gasteiger partial charge is 0.379 e. The van der Waals surface area contributed by atoms with Gasteiger partial charge in [-0.05, 0) is 13.0 Å². The van der Waals surface area contributed by atoms with Gasteiger partial charge in [-0.1, -0.05) is 0 Å². The lowest BCUT2D eigenvalue weighted by atomic mass is 10.3. The summed E-state index contributed by atoms with van der Waals surface area (Å²) in [6.07, 6.45) is 0.884. The molecule has 1 amide bonds. The molecular weight excluding hydrogens is 194 g/mol. The number of ether oxygens (including phenoxy) is 1. The van der Waals surface area contributed by atoms with Crippen LogP contribution in [-0.4, -0.2) is 50.2 Å². The van der Waals surface area contributed by atoms with Gasteiger partial charge in [-0.3, -0.25) is 9.69 Å². The molecule has 0 bridgehead atoms. The van der Waals surface area contributed by atoms with Gasteiger partial charge in [0, 0.05) is 19.6 Å². The zero-order chi connectivity index (χ0) is 10.9. The highest BCUT2D eigenvalue weighted by molar-refractivity contribution is 5.77. The fourth-order valence-corrected chi connectivity index (χ4v) is 1.49. The lowest BCUT2D eigenvalue weighted by Crippen LogP contribution is -2.38. The van der Waals surface area contributed by atoms with Gasteiger partial charge in [0.2, 0.25) is 5.91 Å². The summed E-state index contributed by atoms with van der Waals surface area (Å²) in [5.41, 5.74) is 0. The number of carbonyl (C=O) groups is 1. The predicted octanol–water partition coefficient (Wildman–Crippen LogP) is -0.261. The van der Waals surface area contributed by atoms with Gasteiger partial charge in [-0.25, -0.2) is 0 Å². The third kappa shape index (κ3) is 5.35. The van der Waals surface area contributed by atoms with Crippen LogP contribution >= 0.6 is 0 Å². The fraction of sp³-hybridized carbons (Fsp3) is 0.800. The number of carbonyl (C=O) groups excluding carboxylic acids is 1. The maximum absolute atomic E-state index is 10.9. The maximum atomic E-state index is 10.9. The van der Waals surface area contributed by atoms with Crippen molar-refractivity contribution in [3.63, 3.8) is 0 Å². The van der Waals surface area contributed by atoms with Crippen LogP contribution < -0.4 is 5.32 Å². The summed E-state index contributed by atoms with van der Waals surface area (Å²) in [5, 5.41) is 11.0. The number of nitriles is 1. The molecule has 15 heavy (non-hydrogen) atoms. The average Bonchev–Trinajstić information content (AvgIpc) is 2.26. The normalized spacial score (nSPS) is 17.0. The third-order valence-corrected chi connectivity index (χ3v) is 2.32. The Morgan fingerprint density at radius 2 is 2.20 bits per heavy atom. The van der Waals surface area contributed by atoms with E-state index in [4.69, 9.17) is 10.00 Å². The summed E-state index contributed by atoms with van der Waals surface area (Å²) in [5.74, 6) is -0.181. The van der Waals surface area contributed by atoms with Crippen molar-refractivity contribution in [3.8, 4) is 6.07 Å². The Morgan fingerprint density at radius 1 is 1.47 bits per heavy atom. The molecule has 0 radical (unpaired) electrons. The van der Waals surface area contributed by atoms with Crippen LogP contribution in [0.4, 0.5) is 0 Å². The summed E-state index contributed by atoms with van der Waals surface area (Å²) >= 11 is 0. The Hall–Kier alpha value is -1.12. The first-order valence-electron chi connectivity index (χ1n) is 5.26. The van der Waals surface area contributed by atoms with Crippen LogP contribution in [0.25, 0.3) is 0 Å². The molecule has 1 N–H and O–H groups in total. The topological polar surface area (TPSA) is 65.4 Å². The Kier molecular flexibility index (Phi) is 5.74. The molecule has 1 fully saturated rings. The second-order valence-corrected chi connectivity index (χ2v) is 3.49. The van der Waals surface area contributed by atoms with Crippen molar-refractivity contribution in [2.45, 2.75) is 12.8 Å². The Labute approximate surface area is 90.0 Å². The minimum absolute atomic E-state index is 0.0441. The van der Waals surface area contributed by atoms with E-state index >= 15 is 0 Å². The van der Waals surface area contributed by atoms with Crippen molar-refractivity contribution in [1.29, 1.82) is 5.26 Å². The number of amides is 1. The van der Waals surface area contributed by atoms with Crippen LogP contribution in [0.5, 0.6) is 0 Å². The lowest BCUT2D eigenvalue weighted by molar-refractivity contribution is -0.120. The Bertz CT molecular complexity index is 231. The molecule has 0 atom stereocenters. The first-order valence-corrected chi connectivity index (χ1v) is 5.26. The van der Waals surface area contributed by atoms with Crippen molar-refractivity contribution in [1.82, 2.24) is 10.2 Å². The maximum Gasteiger partial charge on any atom is 0.234 e. The number of morpholine rings is 1. The van der Waals surface area contributed by atoms with E-state index in [0.717, 1.165) is 39.3 Å². The molecule has 84 valence electrons. The Balaban J connectivity index is 1.96. The number of rotatable bonds is 5. The van der Waals surface area contributed by atoms with Gasteiger partial charge in [0.1, 0.15) is 6.42 Å². The molecule has 1 heterocycles. The minimum atomic E-state index is -0.181. The lowest BCUT2D eigenvalue weighted by Gasteiger charge is -2.26. The van der Waals surface area contributed by atoms with Crippen LogP contribution in [-0.2, 0) is 9.53 Å². The molecule has 0 unspecified atom stereocenters. The number of nitrogens with zero attached hydrogens (tertiary/aromatic N) is 2. The van der Waals surface area contributed by atoms with Crippen molar-refractivity contribution in [2.24, 2.45) is 0 Å². The van der Waals surface area contributed by atoms with Crippen LogP contribution in [0.1, 0.15) is 12.8 Å². The second kappa shape index (κ2) is 7.21. The molecule has 0 aromatic rings. The predicted molar refractivity (Wildman–Crippen MR) is 55.1 cm³/mol. The smallest absolute Gasteiger partial charge is 0.234 e. The summed E-state index contributed by atoms with van der Waals surface area (Å²) in [6, 6.07) is 1.82. The fourth-order valence-electron chi connectivity index (χ4n) is 1.49. The summed E-state index contributed by atoms with van der Waals surface area (Å²) < 4.78 is 5.23. The summed E-state index contributed by atoms with van der Waals surface area (Å²) in [6.45, 7) is 5.20. The van der Waals surface area contributed by atoms with Crippen LogP contribution in [0, 0.1) is 11.3 Å². The molecule has 5 heteroatoms. The zero-order valence-electron chi connectivity index (χ0n) is 8.87. The summed E-state index contributed by atoms with van der Waals surface area (Å²) in [7, 11) is 0. The SMILES string of the molecule is N#CCC(=O)NCCCN1CCOCC1. The number of hydrogen-bond donors (Lipinski definition) is 1. The van der Waals surface area contributed by atoms with Gasteiger partial charge in [-0.15, -0.1) is 0 Å². The molecule has 1 rings (SSSR count). The van der Waals surface area contributed by atoms with Gasteiger partial charge in [0.15, 0.2) is 0 Å². The van der Waals surface area contributed by atoms with Crippen molar-refractivity contribution in [3.05, 3.63) is 0 Å². The molecule has 0 aliphatic carbocycles. The van der Waals surface area contributed by atoms with Gasteiger partial charge in [-0.2, -0.15) is 5.26 Å². The monoisotopic (exact) mass is 211 g/mol. The first kappa shape index (κ1) is 12.0. The molecule has 1 saturated heterocycles. The highest BCUT2D eigenvalue weighted by Gasteiger charge is 2.09. The van der Waals surface area contributed by atoms with Crippen LogP contribution in [0.15, 0.2) is 0 Å². The van der Waals surface area contributed by atoms with E-state index in [1.54, 1.807) is 0 Å². The van der Waals surface area contributed by atoms with E-state index in [0.29, 0.717) is 6.54 Å². The Morgan fingerprint density at radius 3 is 2.87 bits per heavy atom. The van der Waals surface area contributed by atoms with E-state index in [-0.39, 0.29) is 12.3 Å². The van der Waals surface area contributed by atoms with Crippen molar-refractivity contribution in [2.75, 3.05) is 39.4 Å². The van der Waals surface area contributed by atoms with Gasteiger partial charge in [0.05, 0.1) is 19.3 Å². The van der Waals surface area contributed by atoms with Gasteiger partial charge < -0.3 is 10.1 Å². The third-order valence-electron chi connectivity index (χ3n) is 2.32. The van der Waals surface area contributed by atoms with Crippen molar-refractivity contribution < 1.29 is 9.53 Å². The van der Waals surface area contributed by atoms with Crippen molar-refractivity contribution >= 4 is 5.91 Å². The van der Waals surface area contributed by atoms with Gasteiger partial charge in [0.25, 0.3) is 0 Å². The van der Waals surface area contributed by atoms with E-state index < -0.39 is 0 Å². The molecule has 5 nitrogen and oxygen atoms in total. The molecule has 1 aliphatic heterocycles. The summed E-state index contributed by atoms with van der Waals surface area (Å²) in [4.78, 5) is 13.2. The van der Waals surface area contributed by atoms with Crippen LogP contribution in [0.3, 0.4) is 0 Å². The quantitative estimate of drug-likeness (QED) is 0.636. The molecule has 1 aliphatic rings. The highest BCUT2D eigenvalue weighted by atomic mass is 16.5. The zero-order valence-corrected chi connectivity index (χ0v) is 8.87. The number of hydrogen-bond acceptors (Lipinski definition) is 4.